The molecule has 1 aromatic heterocycles. The molecule has 2 rings (SSSR count). The number of ether oxygens (including phenoxy) is 1. The zero-order valence-electron chi connectivity index (χ0n) is 10.00. The first-order valence-electron chi connectivity index (χ1n) is 5.30. The van der Waals surface area contributed by atoms with Gasteiger partial charge in [-0.25, -0.2) is 13.4 Å². The van der Waals surface area contributed by atoms with Crippen LogP contribution in [0.1, 0.15) is 0 Å². The molecule has 1 N–H and O–H groups in total. The second-order valence-electron chi connectivity index (χ2n) is 3.64. The second-order valence-corrected chi connectivity index (χ2v) is 6.24. The summed E-state index contributed by atoms with van der Waals surface area (Å²) >= 11 is 3.25. The van der Waals surface area contributed by atoms with Crippen LogP contribution in [-0.2, 0) is 10.0 Å². The van der Waals surface area contributed by atoms with Gasteiger partial charge in [0, 0.05) is 16.7 Å². The first kappa shape index (κ1) is 13.8. The molecule has 100 valence electrons. The quantitative estimate of drug-likeness (QED) is 0.927. The van der Waals surface area contributed by atoms with E-state index in [9.17, 15) is 8.42 Å². The van der Waals surface area contributed by atoms with Crippen molar-refractivity contribution in [3.8, 4) is 5.75 Å². The fourth-order valence-corrected chi connectivity index (χ4v) is 2.79. The van der Waals surface area contributed by atoms with Crippen molar-refractivity contribution in [1.82, 2.24) is 4.98 Å². The van der Waals surface area contributed by atoms with Crippen molar-refractivity contribution in [2.75, 3.05) is 11.8 Å². The van der Waals surface area contributed by atoms with E-state index < -0.39 is 10.0 Å². The molecule has 0 amide bonds. The molecule has 2 aromatic rings. The van der Waals surface area contributed by atoms with Gasteiger partial charge in [0.2, 0.25) is 0 Å². The number of hydrogen-bond acceptors (Lipinski definition) is 4. The highest BCUT2D eigenvalue weighted by Gasteiger charge is 2.15. The number of methoxy groups -OCH3 is 1. The summed E-state index contributed by atoms with van der Waals surface area (Å²) < 4.78 is 32.5. The van der Waals surface area contributed by atoms with Crippen molar-refractivity contribution in [2.24, 2.45) is 0 Å². The smallest absolute Gasteiger partial charge is 0.263 e. The van der Waals surface area contributed by atoms with Crippen LogP contribution in [0, 0.1) is 0 Å². The largest absolute Gasteiger partial charge is 0.497 e. The fraction of sp³-hybridized carbons (Fsp3) is 0.0833. The Balaban J connectivity index is 2.32. The molecule has 0 aliphatic rings. The maximum atomic E-state index is 12.2. The molecule has 0 aliphatic heterocycles. The highest BCUT2D eigenvalue weighted by atomic mass is 79.9. The Kier molecular flexibility index (Phi) is 4.06. The summed E-state index contributed by atoms with van der Waals surface area (Å²) in [5.41, 5.74) is 0. The number of anilines is 1. The Morgan fingerprint density at radius 2 is 2.05 bits per heavy atom. The third-order valence-corrected chi connectivity index (χ3v) is 4.16. The first-order valence-corrected chi connectivity index (χ1v) is 7.57. The zero-order chi connectivity index (χ0) is 13.9. The summed E-state index contributed by atoms with van der Waals surface area (Å²) in [6.07, 6.45) is 1.51. The van der Waals surface area contributed by atoms with Crippen molar-refractivity contribution in [1.29, 1.82) is 0 Å². The molecule has 0 aliphatic carbocycles. The van der Waals surface area contributed by atoms with Gasteiger partial charge in [-0.3, -0.25) is 4.72 Å². The van der Waals surface area contributed by atoms with Gasteiger partial charge in [0.15, 0.2) is 0 Å². The Hall–Kier alpha value is -1.60. The van der Waals surface area contributed by atoms with E-state index in [0.29, 0.717) is 5.75 Å². The predicted molar refractivity (Wildman–Crippen MR) is 75.7 cm³/mol. The zero-order valence-corrected chi connectivity index (χ0v) is 12.4. The van der Waals surface area contributed by atoms with Gasteiger partial charge in [-0.15, -0.1) is 0 Å². The summed E-state index contributed by atoms with van der Waals surface area (Å²) in [5, 5.41) is 0. The number of nitrogens with zero attached hydrogens (tertiary/aromatic N) is 1. The molecule has 5 nitrogen and oxygen atoms in total. The van der Waals surface area contributed by atoms with Crippen molar-refractivity contribution in [3.63, 3.8) is 0 Å². The lowest BCUT2D eigenvalue weighted by molar-refractivity contribution is 0.413. The summed E-state index contributed by atoms with van der Waals surface area (Å²) in [5.74, 6) is 0.724. The molecule has 0 unspecified atom stereocenters. The number of sulfonamides is 1. The normalized spacial score (nSPS) is 11.1. The number of rotatable bonds is 4. The third kappa shape index (κ3) is 3.45. The van der Waals surface area contributed by atoms with Crippen molar-refractivity contribution >= 4 is 31.8 Å². The van der Waals surface area contributed by atoms with Crippen LogP contribution in [0.5, 0.6) is 5.75 Å². The van der Waals surface area contributed by atoms with Gasteiger partial charge in [0.25, 0.3) is 10.0 Å². The molecule has 19 heavy (non-hydrogen) atoms. The van der Waals surface area contributed by atoms with E-state index in [-0.39, 0.29) is 10.7 Å². The summed E-state index contributed by atoms with van der Waals surface area (Å²) in [6.45, 7) is 0. The lowest BCUT2D eigenvalue weighted by atomic mass is 10.3. The van der Waals surface area contributed by atoms with Crippen LogP contribution in [-0.4, -0.2) is 20.5 Å². The average molecular weight is 343 g/mol. The Labute approximate surface area is 119 Å². The SMILES string of the molecule is COc1cccc(S(=O)(=O)Nc2cc(Br)ccn2)c1. The Morgan fingerprint density at radius 3 is 2.74 bits per heavy atom. The average Bonchev–Trinajstić information content (AvgIpc) is 2.38. The van der Waals surface area contributed by atoms with Crippen molar-refractivity contribution < 1.29 is 13.2 Å². The molecule has 0 atom stereocenters. The van der Waals surface area contributed by atoms with Crippen molar-refractivity contribution in [3.05, 3.63) is 47.1 Å². The van der Waals surface area contributed by atoms with Crippen LogP contribution < -0.4 is 9.46 Å². The van der Waals surface area contributed by atoms with E-state index >= 15 is 0 Å². The van der Waals surface area contributed by atoms with Crippen LogP contribution in [0.2, 0.25) is 0 Å². The standard InChI is InChI=1S/C12H11BrN2O3S/c1-18-10-3-2-4-11(8-10)19(16,17)15-12-7-9(13)5-6-14-12/h2-8H,1H3,(H,14,15). The number of hydrogen-bond donors (Lipinski definition) is 1. The minimum atomic E-state index is -3.68. The molecule has 7 heteroatoms. The molecule has 0 bridgehead atoms. The number of aromatic nitrogens is 1. The van der Waals surface area contributed by atoms with E-state index in [2.05, 4.69) is 25.6 Å². The van der Waals surface area contributed by atoms with Crippen LogP contribution in [0.3, 0.4) is 0 Å². The lowest BCUT2D eigenvalue weighted by Gasteiger charge is -2.08. The van der Waals surface area contributed by atoms with Gasteiger partial charge in [0.1, 0.15) is 11.6 Å². The number of pyridine rings is 1. The van der Waals surface area contributed by atoms with Gasteiger partial charge in [-0.05, 0) is 24.3 Å². The Bertz CT molecular complexity index is 689. The van der Waals surface area contributed by atoms with Gasteiger partial charge >= 0.3 is 0 Å². The summed E-state index contributed by atoms with van der Waals surface area (Å²) in [6, 6.07) is 9.52. The number of benzene rings is 1. The minimum absolute atomic E-state index is 0.119. The maximum Gasteiger partial charge on any atom is 0.263 e. The highest BCUT2D eigenvalue weighted by molar-refractivity contribution is 9.10. The van der Waals surface area contributed by atoms with E-state index in [1.165, 1.54) is 25.4 Å². The van der Waals surface area contributed by atoms with E-state index in [1.807, 2.05) is 0 Å². The molecule has 0 saturated heterocycles. The summed E-state index contributed by atoms with van der Waals surface area (Å²) in [7, 11) is -2.19. The lowest BCUT2D eigenvalue weighted by Crippen LogP contribution is -2.13. The molecule has 0 saturated carbocycles. The number of halogens is 1. The molecular formula is C12H11BrN2O3S. The maximum absolute atomic E-state index is 12.2. The molecule has 0 fully saturated rings. The molecule has 0 spiro atoms. The molecule has 0 radical (unpaired) electrons. The van der Waals surface area contributed by atoms with E-state index in [0.717, 1.165) is 4.47 Å². The second kappa shape index (κ2) is 5.58. The van der Waals surface area contributed by atoms with E-state index in [4.69, 9.17) is 4.74 Å². The fourth-order valence-electron chi connectivity index (χ4n) is 1.43. The van der Waals surface area contributed by atoms with Crippen LogP contribution in [0.15, 0.2) is 52.0 Å². The number of nitrogens with one attached hydrogen (secondary N) is 1. The van der Waals surface area contributed by atoms with Gasteiger partial charge in [0.05, 0.1) is 12.0 Å². The van der Waals surface area contributed by atoms with Gasteiger partial charge < -0.3 is 4.74 Å². The Morgan fingerprint density at radius 1 is 1.26 bits per heavy atom. The van der Waals surface area contributed by atoms with Gasteiger partial charge in [-0.2, -0.15) is 0 Å². The minimum Gasteiger partial charge on any atom is -0.497 e. The predicted octanol–water partition coefficient (Wildman–Crippen LogP) is 2.65. The van der Waals surface area contributed by atoms with Crippen molar-refractivity contribution in [2.45, 2.75) is 4.90 Å². The third-order valence-electron chi connectivity index (χ3n) is 2.31. The van der Waals surface area contributed by atoms with Gasteiger partial charge in [-0.1, -0.05) is 22.0 Å². The first-order chi connectivity index (χ1) is 9.01. The molecule has 1 heterocycles. The monoisotopic (exact) mass is 342 g/mol. The molecular weight excluding hydrogens is 332 g/mol. The van der Waals surface area contributed by atoms with Crippen LogP contribution in [0.25, 0.3) is 0 Å². The van der Waals surface area contributed by atoms with Crippen LogP contribution >= 0.6 is 15.9 Å². The molecule has 1 aromatic carbocycles. The van der Waals surface area contributed by atoms with Crippen LogP contribution in [0.4, 0.5) is 5.82 Å². The topological polar surface area (TPSA) is 68.3 Å². The highest BCUT2D eigenvalue weighted by Crippen LogP contribution is 2.20. The summed E-state index contributed by atoms with van der Waals surface area (Å²) in [4.78, 5) is 4.06. The van der Waals surface area contributed by atoms with E-state index in [1.54, 1.807) is 24.3 Å².